The van der Waals surface area contributed by atoms with Crippen LogP contribution in [-0.4, -0.2) is 16.9 Å². The van der Waals surface area contributed by atoms with E-state index in [2.05, 4.69) is 0 Å². The van der Waals surface area contributed by atoms with Crippen molar-refractivity contribution in [3.63, 3.8) is 0 Å². The van der Waals surface area contributed by atoms with E-state index in [1.807, 2.05) is 0 Å². The summed E-state index contributed by atoms with van der Waals surface area (Å²) in [5.74, 6) is -0.165. The highest BCUT2D eigenvalue weighted by Gasteiger charge is 2.68. The van der Waals surface area contributed by atoms with Gasteiger partial charge in [0.05, 0.1) is 11.5 Å². The Balaban J connectivity index is 1.59. The van der Waals surface area contributed by atoms with Gasteiger partial charge in [-0.05, 0) is 56.3 Å². The van der Waals surface area contributed by atoms with Gasteiger partial charge in [0, 0.05) is 0 Å². The van der Waals surface area contributed by atoms with Crippen LogP contribution in [0.2, 0.25) is 0 Å². The second-order valence-electron chi connectivity index (χ2n) is 6.12. The SMILES string of the molecule is OC1(C2CCC(C(F)(F)F)CC2)C2CCCC21. The van der Waals surface area contributed by atoms with Gasteiger partial charge in [-0.1, -0.05) is 6.42 Å². The van der Waals surface area contributed by atoms with Crippen molar-refractivity contribution in [2.24, 2.45) is 23.7 Å². The molecule has 4 heteroatoms. The number of alkyl halides is 3. The van der Waals surface area contributed by atoms with Crippen LogP contribution in [0.25, 0.3) is 0 Å². The first-order chi connectivity index (χ1) is 7.94. The van der Waals surface area contributed by atoms with Crippen LogP contribution in [0.3, 0.4) is 0 Å². The summed E-state index contributed by atoms with van der Waals surface area (Å²) in [4.78, 5) is 0. The molecule has 0 bridgehead atoms. The highest BCUT2D eigenvalue weighted by Crippen LogP contribution is 2.66. The number of rotatable bonds is 1. The fourth-order valence-electron chi connectivity index (χ4n) is 4.46. The van der Waals surface area contributed by atoms with Gasteiger partial charge in [0.15, 0.2) is 0 Å². The summed E-state index contributed by atoms with van der Waals surface area (Å²) in [7, 11) is 0. The van der Waals surface area contributed by atoms with Crippen LogP contribution in [0.5, 0.6) is 0 Å². The van der Waals surface area contributed by atoms with Gasteiger partial charge in [0.25, 0.3) is 0 Å². The van der Waals surface area contributed by atoms with Crippen molar-refractivity contribution < 1.29 is 18.3 Å². The topological polar surface area (TPSA) is 20.2 Å². The molecule has 3 aliphatic carbocycles. The fraction of sp³-hybridized carbons (Fsp3) is 1.00. The van der Waals surface area contributed by atoms with Gasteiger partial charge in [-0.25, -0.2) is 0 Å². The van der Waals surface area contributed by atoms with Gasteiger partial charge in [-0.3, -0.25) is 0 Å². The lowest BCUT2D eigenvalue weighted by Crippen LogP contribution is -2.35. The average Bonchev–Trinajstić information content (AvgIpc) is 2.67. The molecule has 1 nitrogen and oxygen atoms in total. The van der Waals surface area contributed by atoms with Crippen LogP contribution < -0.4 is 0 Å². The van der Waals surface area contributed by atoms with Crippen LogP contribution in [0.4, 0.5) is 13.2 Å². The smallest absolute Gasteiger partial charge is 0.389 e. The molecule has 0 aromatic heterocycles. The molecular weight excluding hydrogens is 229 g/mol. The second-order valence-corrected chi connectivity index (χ2v) is 6.12. The Morgan fingerprint density at radius 3 is 1.88 bits per heavy atom. The third-order valence-electron chi connectivity index (χ3n) is 5.44. The van der Waals surface area contributed by atoms with Crippen molar-refractivity contribution in [2.45, 2.75) is 56.7 Å². The van der Waals surface area contributed by atoms with Gasteiger partial charge in [-0.2, -0.15) is 13.2 Å². The quantitative estimate of drug-likeness (QED) is 0.752. The van der Waals surface area contributed by atoms with E-state index in [1.54, 1.807) is 0 Å². The summed E-state index contributed by atoms with van der Waals surface area (Å²) in [5, 5.41) is 10.5. The molecule has 0 saturated heterocycles. The zero-order valence-electron chi connectivity index (χ0n) is 9.84. The Labute approximate surface area is 99.4 Å². The van der Waals surface area contributed by atoms with Gasteiger partial charge >= 0.3 is 6.18 Å². The molecule has 3 rings (SSSR count). The Bertz CT molecular complexity index is 294. The van der Waals surface area contributed by atoms with E-state index in [9.17, 15) is 18.3 Å². The van der Waals surface area contributed by atoms with Gasteiger partial charge in [0.1, 0.15) is 0 Å². The maximum absolute atomic E-state index is 12.5. The van der Waals surface area contributed by atoms with Crippen molar-refractivity contribution >= 4 is 0 Å². The molecule has 2 atom stereocenters. The number of hydrogen-bond acceptors (Lipinski definition) is 1. The van der Waals surface area contributed by atoms with Gasteiger partial charge in [-0.15, -0.1) is 0 Å². The maximum atomic E-state index is 12.5. The molecule has 3 fully saturated rings. The Hall–Kier alpha value is -0.250. The van der Waals surface area contributed by atoms with Gasteiger partial charge < -0.3 is 5.11 Å². The predicted molar refractivity (Wildman–Crippen MR) is 57.3 cm³/mol. The molecule has 0 spiro atoms. The third kappa shape index (κ3) is 1.71. The van der Waals surface area contributed by atoms with Crippen LogP contribution in [0.1, 0.15) is 44.9 Å². The molecule has 0 aliphatic heterocycles. The van der Waals surface area contributed by atoms with Crippen molar-refractivity contribution in [3.8, 4) is 0 Å². The summed E-state index contributed by atoms with van der Waals surface area (Å²) in [6, 6.07) is 0. The second kappa shape index (κ2) is 3.62. The van der Waals surface area contributed by atoms with E-state index < -0.39 is 17.7 Å². The van der Waals surface area contributed by atoms with E-state index in [4.69, 9.17) is 0 Å². The fourth-order valence-corrected chi connectivity index (χ4v) is 4.46. The molecule has 98 valence electrons. The molecule has 1 N–H and O–H groups in total. The van der Waals surface area contributed by atoms with E-state index in [-0.39, 0.29) is 18.8 Å². The average molecular weight is 248 g/mol. The standard InChI is InChI=1S/C13H19F3O/c14-13(15,16)9-6-4-8(5-7-9)12(17)10-2-1-3-11(10)12/h8-11,17H,1-7H2. The number of hydrogen-bond donors (Lipinski definition) is 1. The third-order valence-corrected chi connectivity index (χ3v) is 5.44. The molecule has 0 aromatic carbocycles. The zero-order chi connectivity index (χ0) is 12.3. The zero-order valence-corrected chi connectivity index (χ0v) is 9.84. The minimum Gasteiger partial charge on any atom is -0.389 e. The monoisotopic (exact) mass is 248 g/mol. The lowest BCUT2D eigenvalue weighted by atomic mass is 9.76. The largest absolute Gasteiger partial charge is 0.391 e. The molecule has 0 aromatic rings. The van der Waals surface area contributed by atoms with Crippen LogP contribution in [0, 0.1) is 23.7 Å². The van der Waals surface area contributed by atoms with Crippen LogP contribution in [0.15, 0.2) is 0 Å². The minimum atomic E-state index is -4.03. The van der Waals surface area contributed by atoms with Crippen molar-refractivity contribution in [1.82, 2.24) is 0 Å². The molecule has 0 heterocycles. The molecule has 17 heavy (non-hydrogen) atoms. The summed E-state index contributed by atoms with van der Waals surface area (Å²) in [5.41, 5.74) is -0.575. The molecule has 0 radical (unpaired) electrons. The van der Waals surface area contributed by atoms with Crippen molar-refractivity contribution in [1.29, 1.82) is 0 Å². The molecular formula is C13H19F3O. The molecule has 0 amide bonds. The highest BCUT2D eigenvalue weighted by molar-refractivity contribution is 5.18. The maximum Gasteiger partial charge on any atom is 0.391 e. The van der Waals surface area contributed by atoms with E-state index in [1.165, 1.54) is 6.42 Å². The van der Waals surface area contributed by atoms with Crippen molar-refractivity contribution in [2.75, 3.05) is 0 Å². The normalized spacial score (nSPS) is 50.1. The first-order valence-electron chi connectivity index (χ1n) is 6.73. The number of fused-ring (bicyclic) bond motifs is 1. The summed E-state index contributed by atoms with van der Waals surface area (Å²) in [6.45, 7) is 0. The first-order valence-corrected chi connectivity index (χ1v) is 6.73. The highest BCUT2D eigenvalue weighted by atomic mass is 19.4. The number of halogens is 3. The summed E-state index contributed by atoms with van der Waals surface area (Å²) in [6.07, 6.45) is 0.885. The summed E-state index contributed by atoms with van der Waals surface area (Å²) >= 11 is 0. The van der Waals surface area contributed by atoms with Gasteiger partial charge in [0.2, 0.25) is 0 Å². The van der Waals surface area contributed by atoms with Crippen LogP contribution in [-0.2, 0) is 0 Å². The Kier molecular flexibility index (Phi) is 2.52. The predicted octanol–water partition coefficient (Wildman–Crippen LogP) is 3.52. The van der Waals surface area contributed by atoms with Crippen molar-refractivity contribution in [3.05, 3.63) is 0 Å². The molecule has 3 aliphatic rings. The Morgan fingerprint density at radius 2 is 1.41 bits per heavy atom. The van der Waals surface area contributed by atoms with E-state index in [0.717, 1.165) is 12.8 Å². The van der Waals surface area contributed by atoms with E-state index >= 15 is 0 Å². The first kappa shape index (κ1) is 11.8. The lowest BCUT2D eigenvalue weighted by Gasteiger charge is -2.34. The van der Waals surface area contributed by atoms with Crippen LogP contribution >= 0.6 is 0 Å². The van der Waals surface area contributed by atoms with E-state index in [0.29, 0.717) is 24.7 Å². The summed E-state index contributed by atoms with van der Waals surface area (Å²) < 4.78 is 37.6. The number of aliphatic hydroxyl groups is 1. The Morgan fingerprint density at radius 1 is 0.882 bits per heavy atom. The molecule has 3 saturated carbocycles. The minimum absolute atomic E-state index is 0.136. The lowest BCUT2D eigenvalue weighted by molar-refractivity contribution is -0.186. The molecule has 2 unspecified atom stereocenters.